The van der Waals surface area contributed by atoms with Gasteiger partial charge in [0.05, 0.1) is 0 Å². The molecule has 6 heteroatoms. The van der Waals surface area contributed by atoms with Crippen LogP contribution in [0.3, 0.4) is 0 Å². The Morgan fingerprint density at radius 2 is 2.04 bits per heavy atom. The van der Waals surface area contributed by atoms with Crippen LogP contribution in [-0.4, -0.2) is 25.5 Å². The van der Waals surface area contributed by atoms with Gasteiger partial charge in [-0.25, -0.2) is 9.50 Å². The number of nitrogens with zero attached hydrogens (tertiary/aromatic N) is 4. The standard InChI is InChI=1S/C18H21N5O/c1-4-14-7-5-6-8-16(14)22-17(24)10-9-15-12(2)21-18-19-11-20-23(18)13(15)3/h5-8,11H,4,9-10H2,1-3H3,(H,22,24). The van der Waals surface area contributed by atoms with E-state index in [1.165, 1.54) is 6.33 Å². The molecule has 1 aromatic carbocycles. The molecule has 124 valence electrons. The Morgan fingerprint density at radius 1 is 1.25 bits per heavy atom. The number of anilines is 1. The number of nitrogens with one attached hydrogen (secondary N) is 1. The predicted octanol–water partition coefficient (Wildman–Crippen LogP) is 2.87. The molecular formula is C18H21N5O. The number of hydrogen-bond acceptors (Lipinski definition) is 4. The third kappa shape index (κ3) is 3.13. The Kier molecular flexibility index (Phi) is 4.55. The Hall–Kier alpha value is -2.76. The van der Waals surface area contributed by atoms with Gasteiger partial charge in [-0.2, -0.15) is 10.1 Å². The van der Waals surface area contributed by atoms with Crippen LogP contribution in [0.2, 0.25) is 0 Å². The van der Waals surface area contributed by atoms with E-state index in [-0.39, 0.29) is 5.91 Å². The molecule has 0 radical (unpaired) electrons. The summed E-state index contributed by atoms with van der Waals surface area (Å²) in [6, 6.07) is 7.90. The van der Waals surface area contributed by atoms with E-state index in [2.05, 4.69) is 27.3 Å². The number of carbonyl (C=O) groups is 1. The number of rotatable bonds is 5. The molecule has 1 amide bonds. The summed E-state index contributed by atoms with van der Waals surface area (Å²) in [5.41, 5.74) is 4.96. The van der Waals surface area contributed by atoms with Gasteiger partial charge in [0.15, 0.2) is 0 Å². The minimum absolute atomic E-state index is 0.00777. The third-order valence-corrected chi connectivity index (χ3v) is 4.26. The van der Waals surface area contributed by atoms with Gasteiger partial charge in [-0.15, -0.1) is 0 Å². The largest absolute Gasteiger partial charge is 0.326 e. The fourth-order valence-corrected chi connectivity index (χ4v) is 2.92. The maximum atomic E-state index is 12.3. The van der Waals surface area contributed by atoms with Gasteiger partial charge in [0.2, 0.25) is 5.91 Å². The number of benzene rings is 1. The number of hydrogen-bond donors (Lipinski definition) is 1. The summed E-state index contributed by atoms with van der Waals surface area (Å²) >= 11 is 0. The van der Waals surface area contributed by atoms with Crippen LogP contribution in [0.4, 0.5) is 5.69 Å². The van der Waals surface area contributed by atoms with Crippen molar-refractivity contribution in [3.8, 4) is 0 Å². The highest BCUT2D eigenvalue weighted by Gasteiger charge is 2.13. The van der Waals surface area contributed by atoms with Crippen molar-refractivity contribution in [1.29, 1.82) is 0 Å². The summed E-state index contributed by atoms with van der Waals surface area (Å²) in [7, 11) is 0. The predicted molar refractivity (Wildman–Crippen MR) is 93.0 cm³/mol. The summed E-state index contributed by atoms with van der Waals surface area (Å²) in [4.78, 5) is 20.9. The first-order chi connectivity index (χ1) is 11.6. The fraction of sp³-hybridized carbons (Fsp3) is 0.333. The zero-order chi connectivity index (χ0) is 17.1. The Labute approximate surface area is 141 Å². The second-order valence-corrected chi connectivity index (χ2v) is 5.79. The van der Waals surface area contributed by atoms with Gasteiger partial charge >= 0.3 is 0 Å². The summed E-state index contributed by atoms with van der Waals surface area (Å²) in [5, 5.41) is 7.19. The number of amides is 1. The number of aryl methyl sites for hydroxylation is 3. The lowest BCUT2D eigenvalue weighted by molar-refractivity contribution is -0.116. The molecule has 0 spiro atoms. The monoisotopic (exact) mass is 323 g/mol. The molecule has 0 unspecified atom stereocenters. The van der Waals surface area contributed by atoms with E-state index in [1.807, 2.05) is 38.1 Å². The number of para-hydroxylation sites is 1. The number of aromatic nitrogens is 4. The van der Waals surface area contributed by atoms with Crippen LogP contribution in [0.25, 0.3) is 5.78 Å². The molecule has 24 heavy (non-hydrogen) atoms. The first kappa shape index (κ1) is 16.1. The van der Waals surface area contributed by atoms with E-state index in [9.17, 15) is 4.79 Å². The molecular weight excluding hydrogens is 302 g/mol. The summed E-state index contributed by atoms with van der Waals surface area (Å²) in [6.45, 7) is 6.01. The first-order valence-corrected chi connectivity index (χ1v) is 8.13. The van der Waals surface area contributed by atoms with Crippen molar-refractivity contribution in [3.05, 3.63) is 53.1 Å². The third-order valence-electron chi connectivity index (χ3n) is 4.26. The van der Waals surface area contributed by atoms with Gasteiger partial charge in [0, 0.05) is 23.5 Å². The SMILES string of the molecule is CCc1ccccc1NC(=O)CCc1c(C)nc2ncnn2c1C. The van der Waals surface area contributed by atoms with E-state index < -0.39 is 0 Å². The van der Waals surface area contributed by atoms with Crippen LogP contribution in [0, 0.1) is 13.8 Å². The van der Waals surface area contributed by atoms with Crippen molar-refractivity contribution in [2.24, 2.45) is 0 Å². The highest BCUT2D eigenvalue weighted by Crippen LogP contribution is 2.18. The molecule has 0 saturated carbocycles. The molecule has 3 aromatic rings. The second kappa shape index (κ2) is 6.78. The lowest BCUT2D eigenvalue weighted by Crippen LogP contribution is -2.15. The Balaban J connectivity index is 1.72. The van der Waals surface area contributed by atoms with Gasteiger partial charge in [0.25, 0.3) is 5.78 Å². The van der Waals surface area contributed by atoms with Crippen molar-refractivity contribution >= 4 is 17.4 Å². The molecule has 0 fully saturated rings. The molecule has 1 N–H and O–H groups in total. The molecule has 3 rings (SSSR count). The summed E-state index contributed by atoms with van der Waals surface area (Å²) in [5.74, 6) is 0.600. The lowest BCUT2D eigenvalue weighted by atomic mass is 10.1. The van der Waals surface area contributed by atoms with Crippen molar-refractivity contribution in [3.63, 3.8) is 0 Å². The van der Waals surface area contributed by atoms with Crippen molar-refractivity contribution in [2.45, 2.75) is 40.0 Å². The van der Waals surface area contributed by atoms with Crippen LogP contribution in [0.1, 0.15) is 35.9 Å². The van der Waals surface area contributed by atoms with Crippen LogP contribution < -0.4 is 5.32 Å². The maximum absolute atomic E-state index is 12.3. The highest BCUT2D eigenvalue weighted by atomic mass is 16.1. The molecule has 0 aliphatic heterocycles. The van der Waals surface area contributed by atoms with Crippen LogP contribution in [-0.2, 0) is 17.6 Å². The van der Waals surface area contributed by atoms with E-state index in [1.54, 1.807) is 4.52 Å². The molecule has 2 aromatic heterocycles. The average molecular weight is 323 g/mol. The topological polar surface area (TPSA) is 72.2 Å². The molecule has 0 bridgehead atoms. The van der Waals surface area contributed by atoms with Gasteiger partial charge in [-0.05, 0) is 43.9 Å². The molecule has 2 heterocycles. The zero-order valence-corrected chi connectivity index (χ0v) is 14.2. The van der Waals surface area contributed by atoms with Crippen molar-refractivity contribution < 1.29 is 4.79 Å². The van der Waals surface area contributed by atoms with Gasteiger partial charge in [-0.3, -0.25) is 4.79 Å². The van der Waals surface area contributed by atoms with Crippen LogP contribution >= 0.6 is 0 Å². The summed E-state index contributed by atoms with van der Waals surface area (Å²) in [6.07, 6.45) is 3.41. The molecule has 0 saturated heterocycles. The molecule has 0 atom stereocenters. The molecule has 0 aliphatic rings. The second-order valence-electron chi connectivity index (χ2n) is 5.79. The smallest absolute Gasteiger partial charge is 0.252 e. The van der Waals surface area contributed by atoms with E-state index >= 15 is 0 Å². The molecule has 6 nitrogen and oxygen atoms in total. The highest BCUT2D eigenvalue weighted by molar-refractivity contribution is 5.91. The average Bonchev–Trinajstić information content (AvgIpc) is 3.03. The number of carbonyl (C=O) groups excluding carboxylic acids is 1. The fourth-order valence-electron chi connectivity index (χ4n) is 2.92. The van der Waals surface area contributed by atoms with Gasteiger partial charge in [0.1, 0.15) is 6.33 Å². The van der Waals surface area contributed by atoms with Crippen molar-refractivity contribution in [1.82, 2.24) is 19.6 Å². The van der Waals surface area contributed by atoms with Crippen LogP contribution in [0.5, 0.6) is 0 Å². The minimum atomic E-state index is 0.00777. The Morgan fingerprint density at radius 3 is 2.83 bits per heavy atom. The van der Waals surface area contributed by atoms with E-state index in [0.29, 0.717) is 18.6 Å². The maximum Gasteiger partial charge on any atom is 0.252 e. The normalized spacial score (nSPS) is 11.0. The lowest BCUT2D eigenvalue weighted by Gasteiger charge is -2.12. The van der Waals surface area contributed by atoms with Crippen LogP contribution in [0.15, 0.2) is 30.6 Å². The van der Waals surface area contributed by atoms with E-state index in [4.69, 9.17) is 0 Å². The zero-order valence-electron chi connectivity index (χ0n) is 14.2. The van der Waals surface area contributed by atoms with Crippen molar-refractivity contribution in [2.75, 3.05) is 5.32 Å². The minimum Gasteiger partial charge on any atom is -0.326 e. The molecule has 0 aliphatic carbocycles. The first-order valence-electron chi connectivity index (χ1n) is 8.13. The number of fused-ring (bicyclic) bond motifs is 1. The van der Waals surface area contributed by atoms with E-state index in [0.717, 1.165) is 34.6 Å². The summed E-state index contributed by atoms with van der Waals surface area (Å²) < 4.78 is 1.71. The van der Waals surface area contributed by atoms with Gasteiger partial charge in [-0.1, -0.05) is 25.1 Å². The Bertz CT molecular complexity index is 884. The quantitative estimate of drug-likeness (QED) is 0.783. The van der Waals surface area contributed by atoms with Gasteiger partial charge < -0.3 is 5.32 Å².